The van der Waals surface area contributed by atoms with Gasteiger partial charge in [0.2, 0.25) is 0 Å². The number of carbonyl (C=O) groups is 1. The van der Waals surface area contributed by atoms with Gasteiger partial charge in [-0.2, -0.15) is 0 Å². The van der Waals surface area contributed by atoms with Crippen LogP contribution in [0.5, 0.6) is 0 Å². The van der Waals surface area contributed by atoms with Gasteiger partial charge in [0.05, 0.1) is 11.0 Å². The number of nitrogens with one attached hydrogen (secondary N) is 2. The van der Waals surface area contributed by atoms with Crippen LogP contribution in [0.15, 0.2) is 24.3 Å². The molecule has 128 valence electrons. The summed E-state index contributed by atoms with van der Waals surface area (Å²) in [4.78, 5) is 16.0. The third-order valence-electron chi connectivity index (χ3n) is 2.89. The molecule has 1 aromatic carbocycles. The third kappa shape index (κ3) is 7.61. The highest BCUT2D eigenvalue weighted by molar-refractivity contribution is 7.80. The maximum atomic E-state index is 11.8. The minimum Gasteiger partial charge on any atom is -0.444 e. The van der Waals surface area contributed by atoms with E-state index in [4.69, 9.17) is 17.0 Å². The number of rotatable bonds is 4. The first-order valence-electron chi connectivity index (χ1n) is 7.79. The van der Waals surface area contributed by atoms with Crippen LogP contribution in [-0.2, 0) is 4.74 Å². The Labute approximate surface area is 146 Å². The first kappa shape index (κ1) is 19.6. The molecule has 0 saturated carbocycles. The van der Waals surface area contributed by atoms with Crippen molar-refractivity contribution in [1.82, 2.24) is 10.3 Å². The van der Waals surface area contributed by atoms with Crippen LogP contribution in [0.1, 0.15) is 44.9 Å². The van der Waals surface area contributed by atoms with Crippen LogP contribution < -0.4 is 10.3 Å². The molecule has 1 atom stereocenters. The largest absolute Gasteiger partial charge is 0.444 e. The second kappa shape index (κ2) is 7.44. The Morgan fingerprint density at radius 2 is 1.70 bits per heavy atom. The van der Waals surface area contributed by atoms with Crippen molar-refractivity contribution in [3.8, 4) is 0 Å². The second-order valence-corrected chi connectivity index (χ2v) is 12.9. The summed E-state index contributed by atoms with van der Waals surface area (Å²) in [5.74, 6) is 0. The van der Waals surface area contributed by atoms with Crippen molar-refractivity contribution < 1.29 is 9.53 Å². The highest BCUT2D eigenvalue weighted by Gasteiger charge is 2.19. The van der Waals surface area contributed by atoms with Crippen LogP contribution in [0, 0.1) is 0 Å². The van der Waals surface area contributed by atoms with Crippen LogP contribution in [0.4, 0.5) is 4.79 Å². The SMILES string of the molecule is C[C@H](NC(=O)OC(C)(C)C)c1ccc(C(=S)N[Si](C)(C)C)cc1. The number of carbonyl (C=O) groups excluding carboxylic acids is 1. The number of benzene rings is 1. The van der Waals surface area contributed by atoms with Gasteiger partial charge in [-0.3, -0.25) is 0 Å². The minimum atomic E-state index is -1.45. The van der Waals surface area contributed by atoms with Crippen LogP contribution >= 0.6 is 12.2 Å². The van der Waals surface area contributed by atoms with Gasteiger partial charge in [-0.05, 0) is 33.3 Å². The molecule has 1 aromatic rings. The Kier molecular flexibility index (Phi) is 6.36. The summed E-state index contributed by atoms with van der Waals surface area (Å²) in [6, 6.07) is 7.80. The number of alkyl carbamates (subject to hydrolysis) is 1. The second-order valence-electron chi connectivity index (χ2n) is 7.69. The molecule has 0 heterocycles. The molecule has 1 amide bonds. The molecule has 0 unspecified atom stereocenters. The molecule has 0 aliphatic rings. The van der Waals surface area contributed by atoms with E-state index >= 15 is 0 Å². The molecule has 2 N–H and O–H groups in total. The zero-order valence-electron chi connectivity index (χ0n) is 15.1. The number of hydrogen-bond acceptors (Lipinski definition) is 3. The average Bonchev–Trinajstić information content (AvgIpc) is 2.34. The van der Waals surface area contributed by atoms with E-state index in [1.807, 2.05) is 52.0 Å². The number of thiocarbonyl (C=S) groups is 1. The first-order chi connectivity index (χ1) is 10.4. The standard InChI is InChI=1S/C17H28N2O2SSi/c1-12(18-16(20)21-17(2,3)4)13-8-10-14(11-9-13)15(22)19-23(5,6)7/h8-12H,1-7H3,(H,18,20)(H,19,22)/t12-/m0/s1. The van der Waals surface area contributed by atoms with Gasteiger partial charge < -0.3 is 15.0 Å². The lowest BCUT2D eigenvalue weighted by Gasteiger charge is -2.22. The molecule has 6 heteroatoms. The van der Waals surface area contributed by atoms with Crippen LogP contribution in [0.2, 0.25) is 19.6 Å². The molecule has 0 saturated heterocycles. The normalized spacial score (nSPS) is 13.2. The summed E-state index contributed by atoms with van der Waals surface area (Å²) >= 11 is 5.44. The first-order valence-corrected chi connectivity index (χ1v) is 11.7. The molecule has 0 aliphatic heterocycles. The van der Waals surface area contributed by atoms with Gasteiger partial charge in [0, 0.05) is 5.56 Å². The molecule has 23 heavy (non-hydrogen) atoms. The Morgan fingerprint density at radius 1 is 1.17 bits per heavy atom. The van der Waals surface area contributed by atoms with Crippen molar-refractivity contribution in [3.63, 3.8) is 0 Å². The molecule has 0 bridgehead atoms. The van der Waals surface area contributed by atoms with E-state index in [1.54, 1.807) is 0 Å². The smallest absolute Gasteiger partial charge is 0.408 e. The molecule has 0 aliphatic carbocycles. The molecule has 0 radical (unpaired) electrons. The Morgan fingerprint density at radius 3 is 2.13 bits per heavy atom. The van der Waals surface area contributed by atoms with Crippen molar-refractivity contribution in [2.24, 2.45) is 0 Å². The molecule has 0 fully saturated rings. The van der Waals surface area contributed by atoms with E-state index in [9.17, 15) is 4.79 Å². The minimum absolute atomic E-state index is 0.127. The van der Waals surface area contributed by atoms with Gasteiger partial charge in [0.25, 0.3) is 0 Å². The molecule has 4 nitrogen and oxygen atoms in total. The summed E-state index contributed by atoms with van der Waals surface area (Å²) in [5, 5.41) is 2.84. The fourth-order valence-electron chi connectivity index (χ4n) is 1.90. The van der Waals surface area contributed by atoms with Crippen molar-refractivity contribution in [2.45, 2.75) is 59.0 Å². The molecular weight excluding hydrogens is 324 g/mol. The van der Waals surface area contributed by atoms with Gasteiger partial charge in [-0.1, -0.05) is 56.1 Å². The van der Waals surface area contributed by atoms with E-state index in [1.165, 1.54) is 0 Å². The summed E-state index contributed by atoms with van der Waals surface area (Å²) < 4.78 is 5.27. The zero-order valence-corrected chi connectivity index (χ0v) is 16.9. The lowest BCUT2D eigenvalue weighted by Crippen LogP contribution is -2.44. The lowest BCUT2D eigenvalue weighted by atomic mass is 10.1. The van der Waals surface area contributed by atoms with Gasteiger partial charge in [0.15, 0.2) is 0 Å². The van der Waals surface area contributed by atoms with E-state index in [2.05, 4.69) is 29.9 Å². The van der Waals surface area contributed by atoms with E-state index in [0.717, 1.165) is 16.1 Å². The fraction of sp³-hybridized carbons (Fsp3) is 0.529. The van der Waals surface area contributed by atoms with Crippen molar-refractivity contribution >= 4 is 31.5 Å². The van der Waals surface area contributed by atoms with Crippen molar-refractivity contribution in [3.05, 3.63) is 35.4 Å². The van der Waals surface area contributed by atoms with Gasteiger partial charge in [-0.15, -0.1) is 0 Å². The Balaban J connectivity index is 2.69. The summed E-state index contributed by atoms with van der Waals surface area (Å²) in [6.45, 7) is 14.1. The van der Waals surface area contributed by atoms with Crippen LogP contribution in [0.3, 0.4) is 0 Å². The predicted molar refractivity (Wildman–Crippen MR) is 102 cm³/mol. The number of hydrogen-bond donors (Lipinski definition) is 2. The highest BCUT2D eigenvalue weighted by Crippen LogP contribution is 2.15. The number of ether oxygens (including phenoxy) is 1. The van der Waals surface area contributed by atoms with E-state index in [0.29, 0.717) is 0 Å². The zero-order chi connectivity index (χ0) is 17.8. The van der Waals surface area contributed by atoms with Gasteiger partial charge >= 0.3 is 6.09 Å². The lowest BCUT2D eigenvalue weighted by molar-refractivity contribution is 0.0508. The predicted octanol–water partition coefficient (Wildman–Crippen LogP) is 4.37. The summed E-state index contributed by atoms with van der Waals surface area (Å²) in [6.07, 6.45) is -0.412. The van der Waals surface area contributed by atoms with Gasteiger partial charge in [-0.25, -0.2) is 4.79 Å². The monoisotopic (exact) mass is 352 g/mol. The van der Waals surface area contributed by atoms with Gasteiger partial charge in [0.1, 0.15) is 13.8 Å². The number of amides is 1. The maximum absolute atomic E-state index is 11.8. The molecule has 0 aromatic heterocycles. The van der Waals surface area contributed by atoms with E-state index in [-0.39, 0.29) is 6.04 Å². The highest BCUT2D eigenvalue weighted by atomic mass is 32.1. The maximum Gasteiger partial charge on any atom is 0.408 e. The molecule has 0 spiro atoms. The Hall–Kier alpha value is -1.40. The molecular formula is C17H28N2O2SSi. The fourth-order valence-corrected chi connectivity index (χ4v) is 3.78. The molecule has 1 rings (SSSR count). The van der Waals surface area contributed by atoms with Crippen molar-refractivity contribution in [1.29, 1.82) is 0 Å². The third-order valence-corrected chi connectivity index (χ3v) is 4.41. The van der Waals surface area contributed by atoms with Crippen LogP contribution in [-0.4, -0.2) is 24.9 Å². The topological polar surface area (TPSA) is 50.4 Å². The Bertz CT molecular complexity index is 559. The summed E-state index contributed by atoms with van der Waals surface area (Å²) in [7, 11) is -1.45. The average molecular weight is 353 g/mol. The van der Waals surface area contributed by atoms with Crippen molar-refractivity contribution in [2.75, 3.05) is 0 Å². The quantitative estimate of drug-likeness (QED) is 0.624. The van der Waals surface area contributed by atoms with Crippen LogP contribution in [0.25, 0.3) is 0 Å². The summed E-state index contributed by atoms with van der Waals surface area (Å²) in [5.41, 5.74) is 1.51. The van der Waals surface area contributed by atoms with E-state index < -0.39 is 19.9 Å².